The molecule has 23 heavy (non-hydrogen) atoms. The Kier molecular flexibility index (Phi) is 4.12. The zero-order chi connectivity index (χ0) is 15.7. The molecule has 1 aromatic rings. The molecule has 2 saturated heterocycles. The van der Waals surface area contributed by atoms with Crippen LogP contribution in [0.1, 0.15) is 31.2 Å². The summed E-state index contributed by atoms with van der Waals surface area (Å²) < 4.78 is 0. The smallest absolute Gasteiger partial charge is 0.233 e. The van der Waals surface area contributed by atoms with E-state index in [4.69, 9.17) is 0 Å². The van der Waals surface area contributed by atoms with E-state index in [1.807, 2.05) is 6.07 Å². The van der Waals surface area contributed by atoms with E-state index in [2.05, 4.69) is 39.4 Å². The number of piperazine rings is 1. The van der Waals surface area contributed by atoms with E-state index in [9.17, 15) is 4.79 Å². The normalized spacial score (nSPS) is 27.7. The average molecular weight is 313 g/mol. The Morgan fingerprint density at radius 3 is 2.48 bits per heavy atom. The van der Waals surface area contributed by atoms with Crippen LogP contribution in [0.2, 0.25) is 0 Å². The van der Waals surface area contributed by atoms with Crippen molar-refractivity contribution in [2.45, 2.75) is 37.1 Å². The molecule has 1 unspecified atom stereocenters. The van der Waals surface area contributed by atoms with Gasteiger partial charge in [0.05, 0.1) is 5.41 Å². The van der Waals surface area contributed by atoms with Crippen LogP contribution in [0.4, 0.5) is 0 Å². The number of rotatable bonds is 3. The van der Waals surface area contributed by atoms with E-state index in [0.717, 1.165) is 58.5 Å². The summed E-state index contributed by atoms with van der Waals surface area (Å²) in [6.07, 6.45) is 4.35. The first-order valence-corrected chi connectivity index (χ1v) is 9.09. The predicted octanol–water partition coefficient (Wildman–Crippen LogP) is 1.61. The Labute approximate surface area is 138 Å². The summed E-state index contributed by atoms with van der Waals surface area (Å²) >= 11 is 0. The third-order valence-electron chi connectivity index (χ3n) is 6.06. The summed E-state index contributed by atoms with van der Waals surface area (Å²) in [6.45, 7) is 6.26. The predicted molar refractivity (Wildman–Crippen MR) is 91.4 cm³/mol. The summed E-state index contributed by atoms with van der Waals surface area (Å²) in [5.74, 6) is 0.382. The monoisotopic (exact) mass is 313 g/mol. The van der Waals surface area contributed by atoms with Gasteiger partial charge in [0.15, 0.2) is 0 Å². The van der Waals surface area contributed by atoms with Crippen LogP contribution in [-0.2, 0) is 10.2 Å². The van der Waals surface area contributed by atoms with Gasteiger partial charge in [0.2, 0.25) is 5.91 Å². The van der Waals surface area contributed by atoms with Crippen molar-refractivity contribution in [2.75, 3.05) is 39.3 Å². The van der Waals surface area contributed by atoms with E-state index in [1.54, 1.807) is 0 Å². The average Bonchev–Trinajstić information content (AvgIpc) is 3.06. The van der Waals surface area contributed by atoms with Gasteiger partial charge < -0.3 is 10.2 Å². The lowest BCUT2D eigenvalue weighted by Crippen LogP contribution is -2.52. The van der Waals surface area contributed by atoms with Crippen LogP contribution in [0.3, 0.4) is 0 Å². The molecular formula is C19H27N3O. The van der Waals surface area contributed by atoms with Crippen molar-refractivity contribution in [3.05, 3.63) is 35.9 Å². The van der Waals surface area contributed by atoms with Crippen molar-refractivity contribution >= 4 is 5.91 Å². The van der Waals surface area contributed by atoms with E-state index < -0.39 is 0 Å². The first kappa shape index (κ1) is 15.2. The molecule has 2 aliphatic heterocycles. The number of nitrogens with zero attached hydrogens (tertiary/aromatic N) is 2. The lowest BCUT2D eigenvalue weighted by atomic mass is 9.63. The third kappa shape index (κ3) is 2.68. The highest BCUT2D eigenvalue weighted by Gasteiger charge is 2.48. The molecule has 1 aromatic carbocycles. The van der Waals surface area contributed by atoms with Gasteiger partial charge in [-0.05, 0) is 24.8 Å². The summed E-state index contributed by atoms with van der Waals surface area (Å²) in [5, 5.41) is 3.41. The number of amides is 1. The van der Waals surface area contributed by atoms with Gasteiger partial charge in [-0.2, -0.15) is 0 Å². The van der Waals surface area contributed by atoms with Gasteiger partial charge in [-0.1, -0.05) is 36.8 Å². The molecule has 0 bridgehead atoms. The SMILES string of the molecule is O=C(N1CCC(N2CCNCC2)C1)C1(c2ccccc2)CCC1. The van der Waals surface area contributed by atoms with Crippen LogP contribution >= 0.6 is 0 Å². The molecule has 1 amide bonds. The Hall–Kier alpha value is -1.39. The quantitative estimate of drug-likeness (QED) is 0.921. The largest absolute Gasteiger partial charge is 0.340 e. The minimum atomic E-state index is -0.223. The zero-order valence-electron chi connectivity index (χ0n) is 13.8. The summed E-state index contributed by atoms with van der Waals surface area (Å²) in [6, 6.07) is 11.0. The first-order valence-electron chi connectivity index (χ1n) is 9.09. The number of hydrogen-bond acceptors (Lipinski definition) is 3. The van der Waals surface area contributed by atoms with Gasteiger partial charge in [0.1, 0.15) is 0 Å². The van der Waals surface area contributed by atoms with Crippen LogP contribution in [0.25, 0.3) is 0 Å². The van der Waals surface area contributed by atoms with Crippen molar-refractivity contribution in [2.24, 2.45) is 0 Å². The van der Waals surface area contributed by atoms with Gasteiger partial charge in [-0.3, -0.25) is 9.69 Å². The summed E-state index contributed by atoms with van der Waals surface area (Å²) in [5.41, 5.74) is 1.00. The molecular weight excluding hydrogens is 286 g/mol. The number of carbonyl (C=O) groups is 1. The molecule has 0 spiro atoms. The number of nitrogens with one attached hydrogen (secondary N) is 1. The van der Waals surface area contributed by atoms with Gasteiger partial charge >= 0.3 is 0 Å². The lowest BCUT2D eigenvalue weighted by Gasteiger charge is -2.43. The molecule has 4 heteroatoms. The Bertz CT molecular complexity index is 549. The molecule has 3 fully saturated rings. The molecule has 1 N–H and O–H groups in total. The van der Waals surface area contributed by atoms with Crippen LogP contribution in [0.15, 0.2) is 30.3 Å². The highest BCUT2D eigenvalue weighted by atomic mass is 16.2. The van der Waals surface area contributed by atoms with E-state index in [1.165, 1.54) is 12.0 Å². The molecule has 4 nitrogen and oxygen atoms in total. The van der Waals surface area contributed by atoms with Gasteiger partial charge in [-0.15, -0.1) is 0 Å². The highest BCUT2D eigenvalue weighted by molar-refractivity contribution is 5.89. The van der Waals surface area contributed by atoms with Gasteiger partial charge in [-0.25, -0.2) is 0 Å². The Morgan fingerprint density at radius 2 is 1.83 bits per heavy atom. The standard InChI is InChI=1S/C19H27N3O/c23-18(19(8-4-9-19)16-5-2-1-3-6-16)22-12-7-17(15-22)21-13-10-20-11-14-21/h1-3,5-6,17,20H,4,7-15H2. The molecule has 3 aliphatic rings. The van der Waals surface area contributed by atoms with E-state index >= 15 is 0 Å². The maximum Gasteiger partial charge on any atom is 0.233 e. The second-order valence-corrected chi connectivity index (χ2v) is 7.28. The van der Waals surface area contributed by atoms with Crippen molar-refractivity contribution in [3.8, 4) is 0 Å². The maximum absolute atomic E-state index is 13.3. The Morgan fingerprint density at radius 1 is 1.09 bits per heavy atom. The van der Waals surface area contributed by atoms with Crippen LogP contribution in [-0.4, -0.2) is 61.0 Å². The summed E-state index contributed by atoms with van der Waals surface area (Å²) in [7, 11) is 0. The number of benzene rings is 1. The molecule has 1 saturated carbocycles. The van der Waals surface area contributed by atoms with Crippen molar-refractivity contribution in [3.63, 3.8) is 0 Å². The zero-order valence-corrected chi connectivity index (χ0v) is 13.8. The molecule has 1 atom stereocenters. The molecule has 4 rings (SSSR count). The molecule has 1 aliphatic carbocycles. The second kappa shape index (κ2) is 6.25. The van der Waals surface area contributed by atoms with Crippen molar-refractivity contribution in [1.29, 1.82) is 0 Å². The van der Waals surface area contributed by atoms with Crippen LogP contribution in [0, 0.1) is 0 Å². The molecule has 0 aromatic heterocycles. The first-order chi connectivity index (χ1) is 11.3. The fourth-order valence-electron chi connectivity index (χ4n) is 4.49. The van der Waals surface area contributed by atoms with E-state index in [-0.39, 0.29) is 5.41 Å². The molecule has 2 heterocycles. The maximum atomic E-state index is 13.3. The van der Waals surface area contributed by atoms with Gasteiger partial charge in [0.25, 0.3) is 0 Å². The third-order valence-corrected chi connectivity index (χ3v) is 6.06. The van der Waals surface area contributed by atoms with Crippen LogP contribution < -0.4 is 5.32 Å². The number of carbonyl (C=O) groups excluding carboxylic acids is 1. The minimum absolute atomic E-state index is 0.223. The highest BCUT2D eigenvalue weighted by Crippen LogP contribution is 2.45. The lowest BCUT2D eigenvalue weighted by molar-refractivity contribution is -0.140. The molecule has 0 radical (unpaired) electrons. The fourth-order valence-corrected chi connectivity index (χ4v) is 4.49. The van der Waals surface area contributed by atoms with Crippen LogP contribution in [0.5, 0.6) is 0 Å². The fraction of sp³-hybridized carbons (Fsp3) is 0.632. The van der Waals surface area contributed by atoms with E-state index in [0.29, 0.717) is 11.9 Å². The number of hydrogen-bond donors (Lipinski definition) is 1. The topological polar surface area (TPSA) is 35.6 Å². The number of likely N-dealkylation sites (tertiary alicyclic amines) is 1. The van der Waals surface area contributed by atoms with Crippen molar-refractivity contribution in [1.82, 2.24) is 15.1 Å². The molecule has 124 valence electrons. The minimum Gasteiger partial charge on any atom is -0.340 e. The van der Waals surface area contributed by atoms with Crippen molar-refractivity contribution < 1.29 is 4.79 Å². The van der Waals surface area contributed by atoms with Gasteiger partial charge in [0, 0.05) is 45.3 Å². The second-order valence-electron chi connectivity index (χ2n) is 7.28. The Balaban J connectivity index is 1.46. The summed E-state index contributed by atoms with van der Waals surface area (Å²) in [4.78, 5) is 18.0.